The van der Waals surface area contributed by atoms with Crippen molar-refractivity contribution in [1.82, 2.24) is 10.3 Å². The largest absolute Gasteiger partial charge is 0.507 e. The third kappa shape index (κ3) is 3.06. The molecule has 2 N–H and O–H groups in total. The summed E-state index contributed by atoms with van der Waals surface area (Å²) in [6, 6.07) is 16.5. The molecule has 0 bridgehead atoms. The lowest BCUT2D eigenvalue weighted by atomic mass is 9.86. The lowest BCUT2D eigenvalue weighted by molar-refractivity contribution is 0.220. The number of piperidine rings is 1. The molecule has 0 amide bonds. The molecular formula is C19H20BrN3O. The average Bonchev–Trinajstić information content (AvgIpc) is 3.01. The number of phenols is 1. The fraction of sp³-hybridized carbons (Fsp3) is 0.316. The summed E-state index contributed by atoms with van der Waals surface area (Å²) >= 11 is 3.41. The summed E-state index contributed by atoms with van der Waals surface area (Å²) in [5.41, 5.74) is 7.09. The van der Waals surface area contributed by atoms with Crippen LogP contribution in [0.4, 0.5) is 0 Å². The monoisotopic (exact) mass is 385 g/mol. The molecule has 4 nitrogen and oxygen atoms in total. The predicted octanol–water partition coefficient (Wildman–Crippen LogP) is 3.68. The Morgan fingerprint density at radius 2 is 2.04 bits per heavy atom. The van der Waals surface area contributed by atoms with E-state index in [1.165, 1.54) is 11.3 Å². The van der Waals surface area contributed by atoms with Gasteiger partial charge in [0.1, 0.15) is 5.75 Å². The van der Waals surface area contributed by atoms with Gasteiger partial charge in [0.2, 0.25) is 0 Å². The van der Waals surface area contributed by atoms with E-state index < -0.39 is 0 Å². The molecule has 2 aliphatic heterocycles. The number of likely N-dealkylation sites (tertiary alicyclic amines) is 1. The zero-order valence-electron chi connectivity index (χ0n) is 13.3. The van der Waals surface area contributed by atoms with Crippen molar-refractivity contribution >= 4 is 21.6 Å². The molecule has 2 heterocycles. The number of rotatable bonds is 3. The summed E-state index contributed by atoms with van der Waals surface area (Å²) in [5.74, 6) is 0.658. The molecule has 0 aliphatic carbocycles. The lowest BCUT2D eigenvalue weighted by Crippen LogP contribution is -2.41. The van der Waals surface area contributed by atoms with Gasteiger partial charge in [-0.2, -0.15) is 5.10 Å². The maximum Gasteiger partial charge on any atom is 0.129 e. The number of halogens is 1. The maximum atomic E-state index is 9.72. The second-order valence-electron chi connectivity index (χ2n) is 6.50. The highest BCUT2D eigenvalue weighted by atomic mass is 79.9. The molecule has 2 aromatic rings. The van der Waals surface area contributed by atoms with Crippen molar-refractivity contribution in [1.29, 1.82) is 0 Å². The molecule has 24 heavy (non-hydrogen) atoms. The number of aromatic hydroxyl groups is 1. The van der Waals surface area contributed by atoms with E-state index in [0.717, 1.165) is 36.1 Å². The maximum absolute atomic E-state index is 9.72. The van der Waals surface area contributed by atoms with Crippen molar-refractivity contribution in [2.24, 2.45) is 11.0 Å². The number of hydrogen-bond donors (Lipinski definition) is 2. The zero-order valence-corrected chi connectivity index (χ0v) is 14.9. The summed E-state index contributed by atoms with van der Waals surface area (Å²) in [6.45, 7) is 3.04. The molecule has 5 heteroatoms. The van der Waals surface area contributed by atoms with Gasteiger partial charge in [-0.05, 0) is 39.2 Å². The molecule has 1 saturated heterocycles. The van der Waals surface area contributed by atoms with Crippen LogP contribution in [0.5, 0.6) is 5.75 Å². The van der Waals surface area contributed by atoms with E-state index in [-0.39, 0.29) is 11.8 Å². The lowest BCUT2D eigenvalue weighted by Gasteiger charge is -2.33. The number of fused-ring (bicyclic) bond motifs is 1. The molecule has 2 unspecified atom stereocenters. The number of hydrazone groups is 1. The van der Waals surface area contributed by atoms with Crippen LogP contribution in [0.25, 0.3) is 0 Å². The first kappa shape index (κ1) is 15.7. The van der Waals surface area contributed by atoms with Crippen LogP contribution in [0, 0.1) is 5.92 Å². The van der Waals surface area contributed by atoms with Gasteiger partial charge in [-0.25, -0.2) is 0 Å². The first-order valence-corrected chi connectivity index (χ1v) is 9.06. The number of phenolic OH excluding ortho intramolecular Hbond substituents is 1. The molecule has 2 atom stereocenters. The summed E-state index contributed by atoms with van der Waals surface area (Å²) in [7, 11) is 0. The van der Waals surface area contributed by atoms with E-state index in [4.69, 9.17) is 0 Å². The first-order chi connectivity index (χ1) is 11.7. The molecule has 0 spiro atoms. The van der Waals surface area contributed by atoms with E-state index in [1.807, 2.05) is 12.1 Å². The number of benzene rings is 2. The van der Waals surface area contributed by atoms with Crippen LogP contribution in [0.1, 0.15) is 23.6 Å². The fourth-order valence-electron chi connectivity index (χ4n) is 3.62. The highest BCUT2D eigenvalue weighted by Crippen LogP contribution is 2.35. The summed E-state index contributed by atoms with van der Waals surface area (Å²) in [6.07, 6.45) is 1.01. The van der Waals surface area contributed by atoms with Gasteiger partial charge in [0.05, 0.1) is 10.5 Å². The van der Waals surface area contributed by atoms with Crippen LogP contribution in [0.2, 0.25) is 0 Å². The molecule has 4 rings (SSSR count). The van der Waals surface area contributed by atoms with Gasteiger partial charge < -0.3 is 10.5 Å². The van der Waals surface area contributed by atoms with Gasteiger partial charge >= 0.3 is 0 Å². The zero-order chi connectivity index (χ0) is 16.5. The SMILES string of the molecule is Oc1ccc(C2NN=C3CCN(Cc4ccccc4)CC32)cc1Br. The second kappa shape index (κ2) is 6.57. The van der Waals surface area contributed by atoms with E-state index in [9.17, 15) is 5.11 Å². The average molecular weight is 386 g/mol. The quantitative estimate of drug-likeness (QED) is 0.846. The molecular weight excluding hydrogens is 366 g/mol. The van der Waals surface area contributed by atoms with Gasteiger partial charge in [-0.15, -0.1) is 0 Å². The van der Waals surface area contributed by atoms with Crippen LogP contribution in [-0.4, -0.2) is 28.8 Å². The summed E-state index contributed by atoms with van der Waals surface area (Å²) < 4.78 is 0.729. The molecule has 1 fully saturated rings. The molecule has 0 radical (unpaired) electrons. The van der Waals surface area contributed by atoms with E-state index >= 15 is 0 Å². The van der Waals surface area contributed by atoms with Crippen LogP contribution >= 0.6 is 15.9 Å². The topological polar surface area (TPSA) is 47.9 Å². The summed E-state index contributed by atoms with van der Waals surface area (Å²) in [4.78, 5) is 2.51. The molecule has 124 valence electrons. The molecule has 2 aliphatic rings. The number of hydrogen-bond acceptors (Lipinski definition) is 4. The third-order valence-corrected chi connectivity index (χ3v) is 5.53. The Hall–Kier alpha value is -1.85. The minimum Gasteiger partial charge on any atom is -0.507 e. The first-order valence-electron chi connectivity index (χ1n) is 8.27. The highest BCUT2D eigenvalue weighted by Gasteiger charge is 2.37. The van der Waals surface area contributed by atoms with Crippen molar-refractivity contribution in [3.8, 4) is 5.75 Å². The van der Waals surface area contributed by atoms with Gasteiger partial charge in [-0.3, -0.25) is 4.90 Å². The van der Waals surface area contributed by atoms with Crippen LogP contribution in [-0.2, 0) is 6.54 Å². The minimum absolute atomic E-state index is 0.176. The Labute approximate surface area is 150 Å². The normalized spacial score (nSPS) is 23.5. The molecule has 0 aromatic heterocycles. The second-order valence-corrected chi connectivity index (χ2v) is 7.35. The Morgan fingerprint density at radius 3 is 2.83 bits per heavy atom. The van der Waals surface area contributed by atoms with E-state index in [1.54, 1.807) is 6.07 Å². The standard InChI is InChI=1S/C19H20BrN3O/c20-16-10-14(6-7-18(16)24)19-15-12-23(9-8-17(15)21-22-19)11-13-4-2-1-3-5-13/h1-7,10,15,19,22,24H,8-9,11-12H2. The minimum atomic E-state index is 0.176. The van der Waals surface area contributed by atoms with Gasteiger partial charge in [-0.1, -0.05) is 36.4 Å². The smallest absolute Gasteiger partial charge is 0.129 e. The molecule has 0 saturated carbocycles. The third-order valence-electron chi connectivity index (χ3n) is 4.90. The van der Waals surface area contributed by atoms with Crippen molar-refractivity contribution in [3.63, 3.8) is 0 Å². The van der Waals surface area contributed by atoms with Crippen LogP contribution < -0.4 is 5.43 Å². The van der Waals surface area contributed by atoms with E-state index in [2.05, 4.69) is 61.7 Å². The van der Waals surface area contributed by atoms with Crippen molar-refractivity contribution < 1.29 is 5.11 Å². The van der Waals surface area contributed by atoms with Gasteiger partial charge in [0, 0.05) is 37.7 Å². The van der Waals surface area contributed by atoms with Crippen molar-refractivity contribution in [2.75, 3.05) is 13.1 Å². The Balaban J connectivity index is 1.50. The summed E-state index contributed by atoms with van der Waals surface area (Å²) in [5, 5.41) is 14.3. The van der Waals surface area contributed by atoms with Crippen LogP contribution in [0.3, 0.4) is 0 Å². The fourth-order valence-corrected chi connectivity index (χ4v) is 4.02. The van der Waals surface area contributed by atoms with Crippen LogP contribution in [0.15, 0.2) is 58.1 Å². The Bertz CT molecular complexity index is 762. The number of nitrogens with one attached hydrogen (secondary N) is 1. The van der Waals surface area contributed by atoms with Gasteiger partial charge in [0.15, 0.2) is 0 Å². The Kier molecular flexibility index (Phi) is 4.29. The van der Waals surface area contributed by atoms with E-state index in [0.29, 0.717) is 5.92 Å². The predicted molar refractivity (Wildman–Crippen MR) is 98.9 cm³/mol. The highest BCUT2D eigenvalue weighted by molar-refractivity contribution is 9.10. The van der Waals surface area contributed by atoms with Crippen molar-refractivity contribution in [2.45, 2.75) is 19.0 Å². The van der Waals surface area contributed by atoms with Crippen molar-refractivity contribution in [3.05, 3.63) is 64.1 Å². The molecule has 2 aromatic carbocycles. The van der Waals surface area contributed by atoms with Gasteiger partial charge in [0.25, 0.3) is 0 Å². The number of nitrogens with zero attached hydrogens (tertiary/aromatic N) is 2. The Morgan fingerprint density at radius 1 is 1.21 bits per heavy atom.